The fraction of sp³-hybridized carbons (Fsp3) is 0.636. The van der Waals surface area contributed by atoms with Gasteiger partial charge < -0.3 is 4.90 Å². The van der Waals surface area contributed by atoms with E-state index in [9.17, 15) is 0 Å². The van der Waals surface area contributed by atoms with Gasteiger partial charge in [-0.3, -0.25) is 0 Å². The van der Waals surface area contributed by atoms with Gasteiger partial charge in [-0.15, -0.1) is 0 Å². The van der Waals surface area contributed by atoms with E-state index >= 15 is 0 Å². The summed E-state index contributed by atoms with van der Waals surface area (Å²) < 4.78 is 0.916. The molecule has 1 fully saturated rings. The molecule has 0 N–H and O–H groups in total. The first-order valence-electron chi connectivity index (χ1n) is 5.84. The lowest BCUT2D eigenvalue weighted by Crippen LogP contribution is -2.39. The van der Waals surface area contributed by atoms with E-state index in [2.05, 4.69) is 48.0 Å². The van der Waals surface area contributed by atoms with Crippen molar-refractivity contribution >= 4 is 21.9 Å². The highest BCUT2D eigenvalue weighted by molar-refractivity contribution is 9.10. The van der Waals surface area contributed by atoms with E-state index in [1.807, 2.05) is 0 Å². The molecule has 0 amide bonds. The normalized spacial score (nSPS) is 22.8. The first-order chi connectivity index (χ1) is 8.17. The molecule has 1 aromatic heterocycles. The smallest absolute Gasteiger partial charge is 0.225 e. The number of hydrogen-bond donors (Lipinski definition) is 0. The molecule has 1 saturated heterocycles. The molecule has 17 heavy (non-hydrogen) atoms. The van der Waals surface area contributed by atoms with Gasteiger partial charge in [-0.05, 0) is 35.7 Å². The molecule has 0 spiro atoms. The van der Waals surface area contributed by atoms with E-state index in [1.54, 1.807) is 12.4 Å². The Morgan fingerprint density at radius 1 is 1.24 bits per heavy atom. The molecular formula is C11H14BrN5. The zero-order valence-corrected chi connectivity index (χ0v) is 11.3. The fourth-order valence-corrected chi connectivity index (χ4v) is 2.54. The van der Waals surface area contributed by atoms with Crippen molar-refractivity contribution in [2.75, 3.05) is 18.0 Å². The fourth-order valence-electron chi connectivity index (χ4n) is 2.34. The monoisotopic (exact) mass is 295 g/mol. The first-order valence-corrected chi connectivity index (χ1v) is 6.63. The number of halogens is 1. The molecule has 0 aliphatic carbocycles. The third kappa shape index (κ3) is 2.18. The summed E-state index contributed by atoms with van der Waals surface area (Å²) >= 11 is 3.35. The molecule has 3 rings (SSSR count). The second-order valence-electron chi connectivity index (χ2n) is 4.76. The third-order valence-electron chi connectivity index (χ3n) is 3.57. The van der Waals surface area contributed by atoms with Crippen LogP contribution in [0.25, 0.3) is 0 Å². The van der Waals surface area contributed by atoms with Crippen LogP contribution < -0.4 is 4.90 Å². The van der Waals surface area contributed by atoms with E-state index in [-0.39, 0.29) is 5.66 Å². The Kier molecular flexibility index (Phi) is 2.61. The van der Waals surface area contributed by atoms with E-state index in [4.69, 9.17) is 0 Å². The van der Waals surface area contributed by atoms with Gasteiger partial charge in [0, 0.05) is 31.4 Å². The number of aromatic nitrogens is 2. The molecule has 0 atom stereocenters. The molecule has 0 aromatic carbocycles. The van der Waals surface area contributed by atoms with Crippen LogP contribution in [0.1, 0.15) is 19.8 Å². The Labute approximate surface area is 108 Å². The van der Waals surface area contributed by atoms with Gasteiger partial charge in [0.1, 0.15) is 0 Å². The van der Waals surface area contributed by atoms with Crippen LogP contribution in [-0.2, 0) is 0 Å². The van der Waals surface area contributed by atoms with Crippen LogP contribution in [0.3, 0.4) is 0 Å². The van der Waals surface area contributed by atoms with Crippen molar-refractivity contribution in [3.8, 4) is 0 Å². The zero-order valence-electron chi connectivity index (χ0n) is 9.67. The molecule has 1 aromatic rings. The van der Waals surface area contributed by atoms with Crippen molar-refractivity contribution in [2.45, 2.75) is 25.4 Å². The second kappa shape index (κ2) is 4.01. The number of anilines is 1. The highest BCUT2D eigenvalue weighted by Gasteiger charge is 2.44. The van der Waals surface area contributed by atoms with Crippen LogP contribution in [0, 0.1) is 5.92 Å². The summed E-state index contributed by atoms with van der Waals surface area (Å²) in [5, 5.41) is 8.27. The summed E-state index contributed by atoms with van der Waals surface area (Å²) in [6, 6.07) is 0. The Balaban J connectivity index is 1.63. The summed E-state index contributed by atoms with van der Waals surface area (Å²) in [6.07, 6.45) is 5.81. The Morgan fingerprint density at radius 3 is 2.35 bits per heavy atom. The number of piperidine rings is 1. The summed E-state index contributed by atoms with van der Waals surface area (Å²) in [6.45, 7) is 4.10. The summed E-state index contributed by atoms with van der Waals surface area (Å²) in [7, 11) is 0. The Hall–Kier alpha value is -1.04. The van der Waals surface area contributed by atoms with Crippen molar-refractivity contribution in [3.05, 3.63) is 16.9 Å². The standard InChI is InChI=1S/C11H14BrN5/c1-11(15-16-11)8-2-4-17(5-3-8)10-13-6-9(12)7-14-10/h6-8H,2-5H2,1H3. The van der Waals surface area contributed by atoms with Crippen molar-refractivity contribution in [2.24, 2.45) is 16.1 Å². The molecule has 0 radical (unpaired) electrons. The average Bonchev–Trinajstić information content (AvgIpc) is 3.10. The van der Waals surface area contributed by atoms with E-state index in [1.165, 1.54) is 0 Å². The molecule has 2 aliphatic rings. The molecule has 0 unspecified atom stereocenters. The minimum absolute atomic E-state index is 0.0767. The van der Waals surface area contributed by atoms with Crippen molar-refractivity contribution in [3.63, 3.8) is 0 Å². The maximum Gasteiger partial charge on any atom is 0.225 e. The van der Waals surface area contributed by atoms with Gasteiger partial charge in [0.2, 0.25) is 5.95 Å². The molecule has 3 heterocycles. The lowest BCUT2D eigenvalue weighted by molar-refractivity contribution is 0.319. The predicted octanol–water partition coefficient (Wildman–Crippen LogP) is 2.64. The Morgan fingerprint density at radius 2 is 1.82 bits per heavy atom. The lowest BCUT2D eigenvalue weighted by atomic mass is 9.88. The van der Waals surface area contributed by atoms with Crippen molar-refractivity contribution in [1.29, 1.82) is 0 Å². The van der Waals surface area contributed by atoms with Gasteiger partial charge in [-0.2, -0.15) is 10.2 Å². The van der Waals surface area contributed by atoms with Crippen LogP contribution in [0.15, 0.2) is 27.1 Å². The van der Waals surface area contributed by atoms with Gasteiger partial charge in [0.15, 0.2) is 5.66 Å². The number of rotatable bonds is 2. The van der Waals surface area contributed by atoms with Gasteiger partial charge >= 0.3 is 0 Å². The minimum Gasteiger partial charge on any atom is -0.341 e. The van der Waals surface area contributed by atoms with Gasteiger partial charge in [0.05, 0.1) is 4.47 Å². The van der Waals surface area contributed by atoms with Crippen LogP contribution in [0.4, 0.5) is 5.95 Å². The van der Waals surface area contributed by atoms with Gasteiger partial charge in [-0.1, -0.05) is 0 Å². The molecule has 6 heteroatoms. The molecular weight excluding hydrogens is 282 g/mol. The van der Waals surface area contributed by atoms with Crippen LogP contribution in [-0.4, -0.2) is 28.7 Å². The average molecular weight is 296 g/mol. The zero-order chi connectivity index (χ0) is 11.9. The first kappa shape index (κ1) is 11.1. The van der Waals surface area contributed by atoms with Crippen LogP contribution >= 0.6 is 15.9 Å². The summed E-state index contributed by atoms with van der Waals surface area (Å²) in [4.78, 5) is 10.9. The molecule has 0 bridgehead atoms. The Bertz CT molecular complexity index is 430. The number of nitrogens with zero attached hydrogens (tertiary/aromatic N) is 5. The van der Waals surface area contributed by atoms with Gasteiger partial charge in [0.25, 0.3) is 0 Å². The highest BCUT2D eigenvalue weighted by Crippen LogP contribution is 2.41. The SMILES string of the molecule is CC1(C2CCN(c3ncc(Br)cn3)CC2)N=N1. The molecule has 5 nitrogen and oxygen atoms in total. The van der Waals surface area contributed by atoms with E-state index in [0.717, 1.165) is 36.4 Å². The maximum absolute atomic E-state index is 4.33. The quantitative estimate of drug-likeness (QED) is 0.843. The second-order valence-corrected chi connectivity index (χ2v) is 5.67. The van der Waals surface area contributed by atoms with Crippen molar-refractivity contribution < 1.29 is 0 Å². The topological polar surface area (TPSA) is 53.7 Å². The third-order valence-corrected chi connectivity index (χ3v) is 3.98. The largest absolute Gasteiger partial charge is 0.341 e. The molecule has 2 aliphatic heterocycles. The minimum atomic E-state index is -0.0767. The summed E-state index contributed by atoms with van der Waals surface area (Å²) in [5.74, 6) is 1.41. The number of hydrogen-bond acceptors (Lipinski definition) is 5. The van der Waals surface area contributed by atoms with E-state index < -0.39 is 0 Å². The van der Waals surface area contributed by atoms with Crippen molar-refractivity contribution in [1.82, 2.24) is 9.97 Å². The highest BCUT2D eigenvalue weighted by atomic mass is 79.9. The van der Waals surface area contributed by atoms with E-state index in [0.29, 0.717) is 5.92 Å². The predicted molar refractivity (Wildman–Crippen MR) is 67.9 cm³/mol. The lowest BCUT2D eigenvalue weighted by Gasteiger charge is -2.33. The van der Waals surface area contributed by atoms with Gasteiger partial charge in [-0.25, -0.2) is 9.97 Å². The van der Waals surface area contributed by atoms with Crippen LogP contribution in [0.5, 0.6) is 0 Å². The van der Waals surface area contributed by atoms with Crippen LogP contribution in [0.2, 0.25) is 0 Å². The molecule has 0 saturated carbocycles. The summed E-state index contributed by atoms with van der Waals surface area (Å²) in [5.41, 5.74) is -0.0767. The maximum atomic E-state index is 4.33. The molecule has 90 valence electrons.